The third kappa shape index (κ3) is 4.56. The fraction of sp³-hybridized carbons (Fsp3) is 0.571. The molecule has 0 atom stereocenters. The van der Waals surface area contributed by atoms with Crippen LogP contribution in [0.5, 0.6) is 0 Å². The van der Waals surface area contributed by atoms with E-state index >= 15 is 0 Å². The summed E-state index contributed by atoms with van der Waals surface area (Å²) in [7, 11) is 0. The van der Waals surface area contributed by atoms with Crippen LogP contribution in [0.3, 0.4) is 0 Å². The zero-order valence-corrected chi connectivity index (χ0v) is 12.6. The van der Waals surface area contributed by atoms with Crippen molar-refractivity contribution >= 4 is 17.1 Å². The third-order valence-electron chi connectivity index (χ3n) is 3.86. The summed E-state index contributed by atoms with van der Waals surface area (Å²) in [6.07, 6.45) is 0.00940. The number of unbranched alkanes of at least 4 members (excludes halogenated alkanes) is 1. The summed E-state index contributed by atoms with van der Waals surface area (Å²) in [5.41, 5.74) is -3.79. The number of nitro groups is 2. The van der Waals surface area contributed by atoms with Gasteiger partial charge in [-0.25, -0.2) is 0 Å². The summed E-state index contributed by atoms with van der Waals surface area (Å²) in [5, 5.41) is 24.6. The Bertz CT molecular complexity index is 610. The first-order valence-electron chi connectivity index (χ1n) is 7.48. The number of alkyl halides is 3. The number of hydrogen-bond donors (Lipinski definition) is 1. The quantitative estimate of drug-likeness (QED) is 0.424. The van der Waals surface area contributed by atoms with Crippen molar-refractivity contribution in [3.8, 4) is 0 Å². The van der Waals surface area contributed by atoms with E-state index in [0.717, 1.165) is 18.8 Å². The Kier molecular flexibility index (Phi) is 5.25. The minimum Gasteiger partial charge on any atom is -0.374 e. The molecule has 24 heavy (non-hydrogen) atoms. The molecule has 0 heterocycles. The molecule has 0 spiro atoms. The maximum Gasteiger partial charge on any atom is 0.416 e. The van der Waals surface area contributed by atoms with Crippen LogP contribution in [0.25, 0.3) is 0 Å². The molecule has 0 saturated heterocycles. The van der Waals surface area contributed by atoms with Crippen LogP contribution < -0.4 is 5.32 Å². The van der Waals surface area contributed by atoms with Crippen LogP contribution in [0.2, 0.25) is 0 Å². The van der Waals surface area contributed by atoms with Crippen molar-refractivity contribution in [3.05, 3.63) is 37.9 Å². The molecule has 1 N–H and O–H groups in total. The zero-order chi connectivity index (χ0) is 17.9. The van der Waals surface area contributed by atoms with Crippen molar-refractivity contribution in [2.45, 2.75) is 38.3 Å². The van der Waals surface area contributed by atoms with Gasteiger partial charge in [0.2, 0.25) is 0 Å². The maximum absolute atomic E-state index is 12.8. The average Bonchev–Trinajstić information content (AvgIpc) is 3.29. The number of nitro benzene ring substituents is 2. The molecule has 1 fully saturated rings. The van der Waals surface area contributed by atoms with E-state index in [4.69, 9.17) is 0 Å². The van der Waals surface area contributed by atoms with Crippen LogP contribution in [0.1, 0.15) is 37.7 Å². The van der Waals surface area contributed by atoms with Crippen molar-refractivity contribution in [2.24, 2.45) is 5.92 Å². The number of halogens is 3. The van der Waals surface area contributed by atoms with E-state index in [2.05, 4.69) is 5.32 Å². The Hall–Kier alpha value is -2.39. The smallest absolute Gasteiger partial charge is 0.374 e. The molecular formula is C14H16F3N3O4. The molecule has 10 heteroatoms. The highest BCUT2D eigenvalue weighted by molar-refractivity contribution is 5.75. The standard InChI is InChI=1S/C14H16F3N3O4/c15-14(16,17)10-7-11(19(21)22)13(12(8-10)20(23)24)18-6-2-1-3-9-4-5-9/h7-9,18H,1-6H2. The fourth-order valence-electron chi connectivity index (χ4n) is 2.42. The van der Waals surface area contributed by atoms with Gasteiger partial charge in [0.1, 0.15) is 0 Å². The molecule has 0 radical (unpaired) electrons. The lowest BCUT2D eigenvalue weighted by molar-refractivity contribution is -0.392. The van der Waals surface area contributed by atoms with Gasteiger partial charge < -0.3 is 5.32 Å². The summed E-state index contributed by atoms with van der Waals surface area (Å²) in [5.74, 6) is 0.722. The van der Waals surface area contributed by atoms with Crippen molar-refractivity contribution in [1.29, 1.82) is 0 Å². The molecule has 0 bridgehead atoms. The molecule has 1 saturated carbocycles. The minimum absolute atomic E-state index is 0.222. The van der Waals surface area contributed by atoms with Gasteiger partial charge in [0, 0.05) is 18.7 Å². The first-order chi connectivity index (χ1) is 11.2. The van der Waals surface area contributed by atoms with Crippen LogP contribution in [0, 0.1) is 26.1 Å². The van der Waals surface area contributed by atoms with E-state index in [1.165, 1.54) is 12.8 Å². The number of rotatable bonds is 8. The number of nitrogens with one attached hydrogen (secondary N) is 1. The van der Waals surface area contributed by atoms with Crippen molar-refractivity contribution in [3.63, 3.8) is 0 Å². The first-order valence-corrected chi connectivity index (χ1v) is 7.48. The molecule has 1 aromatic carbocycles. The summed E-state index contributed by atoms with van der Waals surface area (Å²) >= 11 is 0. The Morgan fingerprint density at radius 1 is 1.08 bits per heavy atom. The van der Waals surface area contributed by atoms with Gasteiger partial charge in [-0.15, -0.1) is 0 Å². The molecule has 0 unspecified atom stereocenters. The van der Waals surface area contributed by atoms with Gasteiger partial charge in [-0.1, -0.05) is 25.7 Å². The molecule has 0 amide bonds. The molecule has 1 aliphatic rings. The van der Waals surface area contributed by atoms with E-state index in [9.17, 15) is 33.4 Å². The second-order valence-electron chi connectivity index (χ2n) is 5.77. The number of anilines is 1. The Morgan fingerprint density at radius 3 is 2.04 bits per heavy atom. The highest BCUT2D eigenvalue weighted by Crippen LogP contribution is 2.41. The van der Waals surface area contributed by atoms with Crippen LogP contribution in [0.4, 0.5) is 30.2 Å². The topological polar surface area (TPSA) is 98.3 Å². The van der Waals surface area contributed by atoms with Gasteiger partial charge in [-0.2, -0.15) is 13.2 Å². The molecule has 0 aliphatic heterocycles. The lowest BCUT2D eigenvalue weighted by atomic mass is 10.1. The average molecular weight is 347 g/mol. The van der Waals surface area contributed by atoms with E-state index in [-0.39, 0.29) is 6.54 Å². The summed E-state index contributed by atoms with van der Waals surface area (Å²) in [6, 6.07) is 0.638. The second-order valence-corrected chi connectivity index (χ2v) is 5.77. The van der Waals surface area contributed by atoms with E-state index < -0.39 is 38.6 Å². The van der Waals surface area contributed by atoms with E-state index in [0.29, 0.717) is 18.6 Å². The van der Waals surface area contributed by atoms with Gasteiger partial charge >= 0.3 is 6.18 Å². The lowest BCUT2D eigenvalue weighted by Gasteiger charge is -2.11. The summed E-state index contributed by atoms with van der Waals surface area (Å²) < 4.78 is 38.3. The maximum atomic E-state index is 12.8. The number of nitrogens with zero attached hydrogens (tertiary/aromatic N) is 2. The van der Waals surface area contributed by atoms with Gasteiger partial charge in [0.15, 0.2) is 5.69 Å². The largest absolute Gasteiger partial charge is 0.416 e. The zero-order valence-electron chi connectivity index (χ0n) is 12.6. The number of hydrogen-bond acceptors (Lipinski definition) is 5. The monoisotopic (exact) mass is 347 g/mol. The molecule has 1 aromatic rings. The van der Waals surface area contributed by atoms with Gasteiger partial charge in [-0.05, 0) is 12.3 Å². The van der Waals surface area contributed by atoms with Crippen LogP contribution >= 0.6 is 0 Å². The predicted molar refractivity (Wildman–Crippen MR) is 79.8 cm³/mol. The van der Waals surface area contributed by atoms with Crippen LogP contribution in [-0.2, 0) is 6.18 Å². The van der Waals surface area contributed by atoms with Gasteiger partial charge in [0.05, 0.1) is 15.4 Å². The van der Waals surface area contributed by atoms with Crippen molar-refractivity contribution in [1.82, 2.24) is 0 Å². The van der Waals surface area contributed by atoms with Crippen LogP contribution in [0.15, 0.2) is 12.1 Å². The normalized spacial score (nSPS) is 14.5. The molecule has 7 nitrogen and oxygen atoms in total. The van der Waals surface area contributed by atoms with Gasteiger partial charge in [-0.3, -0.25) is 20.2 Å². The predicted octanol–water partition coefficient (Wildman–Crippen LogP) is 4.51. The van der Waals surface area contributed by atoms with Crippen molar-refractivity contribution in [2.75, 3.05) is 11.9 Å². The molecule has 1 aliphatic carbocycles. The first kappa shape index (κ1) is 18.0. The fourth-order valence-corrected chi connectivity index (χ4v) is 2.42. The third-order valence-corrected chi connectivity index (χ3v) is 3.86. The molecule has 132 valence electrons. The summed E-state index contributed by atoms with van der Waals surface area (Å²) in [4.78, 5) is 20.0. The highest BCUT2D eigenvalue weighted by atomic mass is 19.4. The Labute approximate surface area is 135 Å². The minimum atomic E-state index is -4.90. The Balaban J connectivity index is 2.22. The highest BCUT2D eigenvalue weighted by Gasteiger charge is 2.37. The Morgan fingerprint density at radius 2 is 1.62 bits per heavy atom. The molecular weight excluding hydrogens is 331 g/mol. The van der Waals surface area contributed by atoms with E-state index in [1.54, 1.807) is 0 Å². The van der Waals surface area contributed by atoms with Gasteiger partial charge in [0.25, 0.3) is 11.4 Å². The lowest BCUT2D eigenvalue weighted by Crippen LogP contribution is -2.11. The summed E-state index contributed by atoms with van der Waals surface area (Å²) in [6.45, 7) is 0.222. The molecule has 0 aromatic heterocycles. The number of benzene rings is 1. The SMILES string of the molecule is O=[N+]([O-])c1cc(C(F)(F)F)cc([N+](=O)[O-])c1NCCCCC1CC1. The van der Waals surface area contributed by atoms with Crippen molar-refractivity contribution < 1.29 is 23.0 Å². The molecule has 2 rings (SSSR count). The van der Waals surface area contributed by atoms with E-state index in [1.807, 2.05) is 0 Å². The second kappa shape index (κ2) is 7.02. The van der Waals surface area contributed by atoms with Crippen LogP contribution in [-0.4, -0.2) is 16.4 Å².